The van der Waals surface area contributed by atoms with Gasteiger partial charge >= 0.3 is 11.9 Å². The molecule has 0 spiro atoms. The van der Waals surface area contributed by atoms with Gasteiger partial charge in [0.05, 0.1) is 23.3 Å². The van der Waals surface area contributed by atoms with Gasteiger partial charge in [0.1, 0.15) is 5.00 Å². The fourth-order valence-electron chi connectivity index (χ4n) is 4.12. The molecule has 1 aromatic carbocycles. The second-order valence-electron chi connectivity index (χ2n) is 7.90. The largest absolute Gasteiger partial charge is 0.462 e. The molecule has 0 atom stereocenters. The summed E-state index contributed by atoms with van der Waals surface area (Å²) in [7, 11) is 0. The van der Waals surface area contributed by atoms with E-state index in [1.54, 1.807) is 31.2 Å². The predicted molar refractivity (Wildman–Crippen MR) is 123 cm³/mol. The zero-order valence-corrected chi connectivity index (χ0v) is 19.5. The van der Waals surface area contributed by atoms with E-state index in [1.165, 1.54) is 11.3 Å². The number of rotatable bonds is 9. The Balaban J connectivity index is 1.25. The number of fused-ring (bicyclic) bond motifs is 2. The van der Waals surface area contributed by atoms with Crippen LogP contribution in [0.15, 0.2) is 24.3 Å². The number of nitrogens with one attached hydrogen (secondary N) is 1. The first-order chi connectivity index (χ1) is 16.4. The highest BCUT2D eigenvalue weighted by atomic mass is 32.1. The maximum absolute atomic E-state index is 12.4. The van der Waals surface area contributed by atoms with Gasteiger partial charge < -0.3 is 14.8 Å². The lowest BCUT2D eigenvalue weighted by atomic mass is 10.1. The molecule has 0 bridgehead atoms. The Hall–Kier alpha value is -3.53. The van der Waals surface area contributed by atoms with Crippen LogP contribution in [0.2, 0.25) is 0 Å². The Kier molecular flexibility index (Phi) is 7.06. The number of imide groups is 1. The maximum atomic E-state index is 12.4. The van der Waals surface area contributed by atoms with Gasteiger partial charge in [0, 0.05) is 17.8 Å². The van der Waals surface area contributed by atoms with Crippen molar-refractivity contribution in [1.82, 2.24) is 4.90 Å². The van der Waals surface area contributed by atoms with Gasteiger partial charge in [-0.1, -0.05) is 12.1 Å². The van der Waals surface area contributed by atoms with E-state index in [0.717, 1.165) is 34.6 Å². The molecule has 2 aliphatic rings. The van der Waals surface area contributed by atoms with Gasteiger partial charge in [-0.3, -0.25) is 24.1 Å². The van der Waals surface area contributed by atoms with Gasteiger partial charge in [-0.2, -0.15) is 0 Å². The number of anilines is 1. The Morgan fingerprint density at radius 3 is 2.44 bits per heavy atom. The highest BCUT2D eigenvalue weighted by Crippen LogP contribution is 2.39. The molecule has 1 aromatic heterocycles. The smallest absolute Gasteiger partial charge is 0.341 e. The number of hydrogen-bond acceptors (Lipinski definition) is 8. The molecule has 0 saturated carbocycles. The monoisotopic (exact) mass is 484 g/mol. The van der Waals surface area contributed by atoms with Gasteiger partial charge in [-0.25, -0.2) is 4.79 Å². The fraction of sp³-hybridized carbons (Fsp3) is 0.375. The SMILES string of the molecule is CCOC(=O)c1c(NC(=O)COC(=O)CCCN2C(=O)c3ccccc3C2=O)sc2c1CCC2. The molecule has 0 fully saturated rings. The van der Waals surface area contributed by atoms with Gasteiger partial charge in [0.15, 0.2) is 6.61 Å². The number of esters is 2. The molecular formula is C24H24N2O7S. The summed E-state index contributed by atoms with van der Waals surface area (Å²) in [6, 6.07) is 6.57. The lowest BCUT2D eigenvalue weighted by Gasteiger charge is -2.13. The first-order valence-electron chi connectivity index (χ1n) is 11.1. The summed E-state index contributed by atoms with van der Waals surface area (Å²) >= 11 is 1.35. The van der Waals surface area contributed by atoms with E-state index in [-0.39, 0.29) is 37.8 Å². The minimum absolute atomic E-state index is 0.0535. The van der Waals surface area contributed by atoms with Gasteiger partial charge in [-0.05, 0) is 50.3 Å². The van der Waals surface area contributed by atoms with Crippen LogP contribution in [0.3, 0.4) is 0 Å². The second-order valence-corrected chi connectivity index (χ2v) is 9.01. The molecule has 34 heavy (non-hydrogen) atoms. The first kappa shape index (κ1) is 23.6. The average molecular weight is 485 g/mol. The van der Waals surface area contributed by atoms with Crippen LogP contribution in [0, 0.1) is 0 Å². The van der Waals surface area contributed by atoms with Crippen molar-refractivity contribution in [2.75, 3.05) is 25.1 Å². The normalized spacial score (nSPS) is 14.1. The Morgan fingerprint density at radius 1 is 1.06 bits per heavy atom. The van der Waals surface area contributed by atoms with Crippen molar-refractivity contribution >= 4 is 46.0 Å². The quantitative estimate of drug-likeness (QED) is 0.429. The molecule has 3 amide bonds. The molecule has 2 heterocycles. The minimum atomic E-state index is -0.619. The van der Waals surface area contributed by atoms with Crippen LogP contribution >= 0.6 is 11.3 Å². The third-order valence-corrected chi connectivity index (χ3v) is 6.87. The summed E-state index contributed by atoms with van der Waals surface area (Å²) < 4.78 is 10.2. The molecule has 4 rings (SSSR count). The summed E-state index contributed by atoms with van der Waals surface area (Å²) in [6.07, 6.45) is 2.74. The third-order valence-electron chi connectivity index (χ3n) is 5.66. The summed E-state index contributed by atoms with van der Waals surface area (Å²) in [6.45, 7) is 1.53. The number of amides is 3. The number of aryl methyl sites for hydroxylation is 1. The van der Waals surface area contributed by atoms with E-state index >= 15 is 0 Å². The number of ether oxygens (including phenoxy) is 2. The summed E-state index contributed by atoms with van der Waals surface area (Å²) in [4.78, 5) is 63.6. The van der Waals surface area contributed by atoms with Crippen LogP contribution in [-0.2, 0) is 31.9 Å². The lowest BCUT2D eigenvalue weighted by Crippen LogP contribution is -2.31. The van der Waals surface area contributed by atoms with Crippen molar-refractivity contribution in [2.24, 2.45) is 0 Å². The van der Waals surface area contributed by atoms with E-state index < -0.39 is 24.5 Å². The molecule has 1 aliphatic carbocycles. The third kappa shape index (κ3) is 4.72. The number of hydrogen-bond donors (Lipinski definition) is 1. The minimum Gasteiger partial charge on any atom is -0.462 e. The first-order valence-corrected chi connectivity index (χ1v) is 11.9. The highest BCUT2D eigenvalue weighted by Gasteiger charge is 2.34. The van der Waals surface area contributed by atoms with E-state index in [2.05, 4.69) is 5.32 Å². The van der Waals surface area contributed by atoms with Crippen molar-refractivity contribution < 1.29 is 33.4 Å². The Bertz CT molecular complexity index is 1140. The van der Waals surface area contributed by atoms with E-state index in [9.17, 15) is 24.0 Å². The Morgan fingerprint density at radius 2 is 1.76 bits per heavy atom. The molecule has 178 valence electrons. The van der Waals surface area contributed by atoms with Crippen LogP contribution in [0.4, 0.5) is 5.00 Å². The predicted octanol–water partition coefficient (Wildman–Crippen LogP) is 2.97. The maximum Gasteiger partial charge on any atom is 0.341 e. The van der Waals surface area contributed by atoms with Crippen LogP contribution in [0.25, 0.3) is 0 Å². The molecular weight excluding hydrogens is 460 g/mol. The van der Waals surface area contributed by atoms with Gasteiger partial charge in [0.25, 0.3) is 17.7 Å². The number of thiophene rings is 1. The molecule has 0 saturated heterocycles. The summed E-state index contributed by atoms with van der Waals surface area (Å²) in [5, 5.41) is 3.07. The second kappa shape index (κ2) is 10.2. The van der Waals surface area contributed by atoms with Crippen LogP contribution in [0.1, 0.15) is 67.7 Å². The van der Waals surface area contributed by atoms with Crippen molar-refractivity contribution in [3.05, 3.63) is 51.4 Å². The zero-order valence-electron chi connectivity index (χ0n) is 18.7. The number of benzene rings is 1. The van der Waals surface area contributed by atoms with Crippen LogP contribution in [-0.4, -0.2) is 54.3 Å². The fourth-order valence-corrected chi connectivity index (χ4v) is 5.41. The summed E-state index contributed by atoms with van der Waals surface area (Å²) in [5.41, 5.74) is 2.02. The molecule has 2 aromatic rings. The lowest BCUT2D eigenvalue weighted by molar-refractivity contribution is -0.147. The number of carbonyl (C=O) groups is 5. The average Bonchev–Trinajstić information content (AvgIpc) is 3.46. The van der Waals surface area contributed by atoms with E-state index in [1.807, 2.05) is 0 Å². The molecule has 9 nitrogen and oxygen atoms in total. The number of carbonyl (C=O) groups excluding carboxylic acids is 5. The molecule has 0 radical (unpaired) electrons. The van der Waals surface area contributed by atoms with Crippen LogP contribution in [0.5, 0.6) is 0 Å². The van der Waals surface area contributed by atoms with E-state index in [0.29, 0.717) is 21.7 Å². The van der Waals surface area contributed by atoms with Crippen molar-refractivity contribution in [3.63, 3.8) is 0 Å². The molecule has 0 unspecified atom stereocenters. The summed E-state index contributed by atoms with van der Waals surface area (Å²) in [5.74, 6) is -2.41. The van der Waals surface area contributed by atoms with Gasteiger partial charge in [-0.15, -0.1) is 11.3 Å². The molecule has 1 aliphatic heterocycles. The van der Waals surface area contributed by atoms with Crippen molar-refractivity contribution in [3.8, 4) is 0 Å². The van der Waals surface area contributed by atoms with Gasteiger partial charge in [0.2, 0.25) is 0 Å². The van der Waals surface area contributed by atoms with Crippen molar-refractivity contribution in [1.29, 1.82) is 0 Å². The highest BCUT2D eigenvalue weighted by molar-refractivity contribution is 7.17. The van der Waals surface area contributed by atoms with Crippen LogP contribution < -0.4 is 5.32 Å². The molecule has 10 heteroatoms. The topological polar surface area (TPSA) is 119 Å². The number of nitrogens with zero attached hydrogens (tertiary/aromatic N) is 1. The Labute approximate surface area is 200 Å². The molecule has 1 N–H and O–H groups in total. The standard InChI is InChI=1S/C24H24N2O7S/c1-2-32-24(31)20-16-9-5-10-17(16)34-21(20)25-18(27)13-33-19(28)11-6-12-26-22(29)14-7-3-4-8-15(14)23(26)30/h3-4,7-8H,2,5-6,9-13H2,1H3,(H,25,27). The van der Waals surface area contributed by atoms with Crippen molar-refractivity contribution in [2.45, 2.75) is 39.0 Å². The zero-order chi connectivity index (χ0) is 24.2. The van der Waals surface area contributed by atoms with E-state index in [4.69, 9.17) is 9.47 Å².